The number of halogens is 1. The molecule has 1 saturated heterocycles. The van der Waals surface area contributed by atoms with Crippen molar-refractivity contribution in [3.8, 4) is 11.6 Å². The number of ketones is 1. The average Bonchev–Trinajstić information content (AvgIpc) is 4.01. The molecule has 3 heterocycles. The highest BCUT2D eigenvalue weighted by Crippen LogP contribution is 2.57. The van der Waals surface area contributed by atoms with Gasteiger partial charge in [-0.1, -0.05) is 26.0 Å². The van der Waals surface area contributed by atoms with Crippen molar-refractivity contribution in [3.05, 3.63) is 42.4 Å². The summed E-state index contributed by atoms with van der Waals surface area (Å²) >= 11 is 0. The number of rotatable bonds is 9. The van der Waals surface area contributed by atoms with Crippen molar-refractivity contribution in [2.24, 2.45) is 29.1 Å². The highest BCUT2D eigenvalue weighted by molar-refractivity contribution is 7.90. The van der Waals surface area contributed by atoms with Crippen LogP contribution in [0.15, 0.2) is 36.5 Å². The molecule has 0 spiro atoms. The number of carbonyl (C=O) groups is 4. The van der Waals surface area contributed by atoms with E-state index in [4.69, 9.17) is 14.2 Å². The van der Waals surface area contributed by atoms with Gasteiger partial charge in [0, 0.05) is 30.5 Å². The maximum absolute atomic E-state index is 14.7. The van der Waals surface area contributed by atoms with Crippen LogP contribution in [0, 0.1) is 34.9 Å². The number of hydrogen-bond acceptors (Lipinski definition) is 10. The number of ether oxygens (including phenoxy) is 3. The average molecular weight is 756 g/mol. The summed E-state index contributed by atoms with van der Waals surface area (Å²) in [7, 11) is -2.44. The van der Waals surface area contributed by atoms with Gasteiger partial charge in [0.2, 0.25) is 27.7 Å². The zero-order valence-electron chi connectivity index (χ0n) is 31.0. The van der Waals surface area contributed by atoms with E-state index in [1.54, 1.807) is 19.9 Å². The lowest BCUT2D eigenvalue weighted by molar-refractivity contribution is -0.154. The topological polar surface area (TPSA) is 158 Å². The van der Waals surface area contributed by atoms with Crippen molar-refractivity contribution in [3.63, 3.8) is 0 Å². The Morgan fingerprint density at radius 2 is 1.87 bits per heavy atom. The second-order valence-electron chi connectivity index (χ2n) is 15.8. The van der Waals surface area contributed by atoms with E-state index in [9.17, 15) is 32.0 Å². The molecule has 12 nitrogen and oxygen atoms in total. The number of allylic oxidation sites excluding steroid dienone is 2. The molecule has 53 heavy (non-hydrogen) atoms. The van der Waals surface area contributed by atoms with Gasteiger partial charge < -0.3 is 19.1 Å². The Morgan fingerprint density at radius 3 is 2.57 bits per heavy atom. The molecule has 2 aliphatic carbocycles. The van der Waals surface area contributed by atoms with Gasteiger partial charge in [0.05, 0.1) is 54.2 Å². The number of aromatic nitrogens is 1. The van der Waals surface area contributed by atoms with Crippen LogP contribution in [0.5, 0.6) is 11.6 Å². The fourth-order valence-corrected chi connectivity index (χ4v) is 9.47. The molecule has 0 unspecified atom stereocenters. The summed E-state index contributed by atoms with van der Waals surface area (Å²) in [6, 6.07) is 3.17. The third kappa shape index (κ3) is 8.52. The maximum Gasteiger partial charge on any atom is 0.306 e. The zero-order chi connectivity index (χ0) is 38.2. The molecule has 7 atom stereocenters. The number of fused-ring (bicyclic) bond motifs is 3. The molecule has 0 bridgehead atoms. The fourth-order valence-electron chi connectivity index (χ4n) is 8.09. The Bertz CT molecular complexity index is 1900. The van der Waals surface area contributed by atoms with Crippen molar-refractivity contribution in [2.45, 2.75) is 109 Å². The lowest BCUT2D eigenvalue weighted by Crippen LogP contribution is -2.47. The SMILES string of the molecule is COc1cc(F)cc2c(O[C@@H]3C[C@H]4C(=O)C[C@]5(C(=O)NS(=O)(=O)C6CC6)C[C@H]5/C=C\CC[C@@H](C)C[C@@H](C)[C@H](CC(=O)OC(C)C)C(=O)N4C3)nccc12. The normalized spacial score (nSPS) is 30.1. The molecule has 2 aliphatic heterocycles. The predicted molar refractivity (Wildman–Crippen MR) is 194 cm³/mol. The second kappa shape index (κ2) is 15.3. The lowest BCUT2D eigenvalue weighted by atomic mass is 9.82. The molecule has 0 radical (unpaired) electrons. The Morgan fingerprint density at radius 1 is 1.11 bits per heavy atom. The number of amides is 2. The standard InChI is InChI=1S/C39H50FN3O9S/c1-22(2)51-35(45)18-30-24(4)14-23(3)8-6-7-9-25-19-39(25,38(47)42-53(48,49)28-10-11-28)20-33(44)32-17-27(21-43(32)37(30)46)52-36-31-15-26(40)16-34(50-5)29(31)12-13-41-36/h7,9,12-13,15-16,22-25,27-28,30,32H,6,8,10-11,14,17-21H2,1-5H3,(H,42,47)/b9-7-/t23-,24-,25-,27-,30+,32+,39-/m1/s1. The van der Waals surface area contributed by atoms with E-state index < -0.39 is 68.1 Å². The molecular formula is C39H50FN3O9S. The third-order valence-corrected chi connectivity index (χ3v) is 13.0. The number of sulfonamides is 1. The van der Waals surface area contributed by atoms with Crippen molar-refractivity contribution >= 4 is 44.4 Å². The van der Waals surface area contributed by atoms with Gasteiger partial charge in [-0.15, -0.1) is 0 Å². The minimum absolute atomic E-state index is 0.0314. The van der Waals surface area contributed by atoms with E-state index in [1.807, 2.05) is 19.1 Å². The van der Waals surface area contributed by atoms with Crippen LogP contribution in [-0.4, -0.2) is 79.0 Å². The molecule has 14 heteroatoms. The van der Waals surface area contributed by atoms with Crippen LogP contribution in [0.1, 0.15) is 85.5 Å². The van der Waals surface area contributed by atoms with Gasteiger partial charge in [0.25, 0.3) is 0 Å². The summed E-state index contributed by atoms with van der Waals surface area (Å²) in [5.41, 5.74) is -1.28. The van der Waals surface area contributed by atoms with E-state index in [2.05, 4.69) is 16.6 Å². The van der Waals surface area contributed by atoms with Crippen molar-refractivity contribution in [1.29, 1.82) is 0 Å². The first kappa shape index (κ1) is 38.6. The number of methoxy groups -OCH3 is 1. The van der Waals surface area contributed by atoms with Gasteiger partial charge in [-0.2, -0.15) is 0 Å². The summed E-state index contributed by atoms with van der Waals surface area (Å²) in [6.07, 6.45) is 7.26. The van der Waals surface area contributed by atoms with Gasteiger partial charge in [0.15, 0.2) is 5.78 Å². The number of nitrogens with zero attached hydrogens (tertiary/aromatic N) is 2. The molecule has 3 fully saturated rings. The molecule has 1 aromatic carbocycles. The van der Waals surface area contributed by atoms with Crippen LogP contribution in [0.25, 0.3) is 10.8 Å². The minimum Gasteiger partial charge on any atom is -0.496 e. The van der Waals surface area contributed by atoms with Gasteiger partial charge >= 0.3 is 5.97 Å². The van der Waals surface area contributed by atoms with Gasteiger partial charge in [0.1, 0.15) is 17.7 Å². The summed E-state index contributed by atoms with van der Waals surface area (Å²) in [4.78, 5) is 61.9. The molecule has 2 saturated carbocycles. The summed E-state index contributed by atoms with van der Waals surface area (Å²) < 4.78 is 59.9. The summed E-state index contributed by atoms with van der Waals surface area (Å²) in [5, 5.41) is 0.296. The smallest absolute Gasteiger partial charge is 0.306 e. The monoisotopic (exact) mass is 755 g/mol. The van der Waals surface area contributed by atoms with E-state index in [-0.39, 0.29) is 61.3 Å². The van der Waals surface area contributed by atoms with Crippen LogP contribution in [-0.2, 0) is 33.9 Å². The van der Waals surface area contributed by atoms with Crippen LogP contribution < -0.4 is 14.2 Å². The number of nitrogens with one attached hydrogen (secondary N) is 1. The molecule has 1 aromatic heterocycles. The second-order valence-corrected chi connectivity index (χ2v) is 17.7. The van der Waals surface area contributed by atoms with Crippen molar-refractivity contribution < 1.29 is 46.2 Å². The van der Waals surface area contributed by atoms with E-state index in [1.165, 1.54) is 30.3 Å². The number of pyridine rings is 1. The molecule has 2 amide bonds. The summed E-state index contributed by atoms with van der Waals surface area (Å²) in [5.74, 6) is -3.40. The first-order valence-corrected chi connectivity index (χ1v) is 20.2. The Hall–Kier alpha value is -4.07. The van der Waals surface area contributed by atoms with Gasteiger partial charge in [-0.25, -0.2) is 17.8 Å². The molecular weight excluding hydrogens is 706 g/mol. The van der Waals surface area contributed by atoms with Crippen LogP contribution >= 0.6 is 0 Å². The predicted octanol–water partition coefficient (Wildman–Crippen LogP) is 5.27. The molecule has 2 aromatic rings. The highest BCUT2D eigenvalue weighted by Gasteiger charge is 2.61. The Kier molecular flexibility index (Phi) is 11.2. The summed E-state index contributed by atoms with van der Waals surface area (Å²) in [6.45, 7) is 7.48. The van der Waals surface area contributed by atoms with Crippen molar-refractivity contribution in [1.82, 2.24) is 14.6 Å². The van der Waals surface area contributed by atoms with Crippen LogP contribution in [0.2, 0.25) is 0 Å². The van der Waals surface area contributed by atoms with Gasteiger partial charge in [-0.05, 0) is 82.3 Å². The molecule has 4 aliphatic rings. The quantitative estimate of drug-likeness (QED) is 0.264. The Labute approximate surface area is 310 Å². The largest absolute Gasteiger partial charge is 0.496 e. The molecule has 1 N–H and O–H groups in total. The van der Waals surface area contributed by atoms with Crippen LogP contribution in [0.3, 0.4) is 0 Å². The lowest BCUT2D eigenvalue weighted by Gasteiger charge is -2.32. The number of esters is 1. The van der Waals surface area contributed by atoms with Crippen LogP contribution in [0.4, 0.5) is 4.39 Å². The number of benzene rings is 1. The van der Waals surface area contributed by atoms with E-state index in [0.717, 1.165) is 6.42 Å². The van der Waals surface area contributed by atoms with Crippen molar-refractivity contribution in [2.75, 3.05) is 13.7 Å². The number of hydrogen-bond donors (Lipinski definition) is 1. The van der Waals surface area contributed by atoms with E-state index in [0.29, 0.717) is 42.9 Å². The first-order valence-electron chi connectivity index (χ1n) is 18.7. The Balaban J connectivity index is 1.35. The fraction of sp³-hybridized carbons (Fsp3) is 0.615. The first-order chi connectivity index (χ1) is 25.1. The highest BCUT2D eigenvalue weighted by atomic mass is 32.2. The van der Waals surface area contributed by atoms with Gasteiger partial charge in [-0.3, -0.25) is 23.9 Å². The number of carbonyl (C=O) groups excluding carboxylic acids is 4. The maximum atomic E-state index is 14.7. The third-order valence-electron chi connectivity index (χ3n) is 11.2. The minimum atomic E-state index is -3.87. The van der Waals surface area contributed by atoms with E-state index >= 15 is 0 Å². The number of Topliss-reactive ketones (excluding diaryl/α,β-unsaturated/α-hetero) is 1. The zero-order valence-corrected chi connectivity index (χ0v) is 31.8. The molecule has 288 valence electrons. The molecule has 6 rings (SSSR count).